The van der Waals surface area contributed by atoms with Crippen LogP contribution in [0.5, 0.6) is 0 Å². The highest BCUT2D eigenvalue weighted by atomic mass is 19.1. The molecule has 256 valence electrons. The Morgan fingerprint density at radius 2 is 1.78 bits per heavy atom. The number of hydrogen-bond donors (Lipinski definition) is 0. The van der Waals surface area contributed by atoms with Crippen LogP contribution in [0.15, 0.2) is 121 Å². The summed E-state index contributed by atoms with van der Waals surface area (Å²) in [6.45, 7) is 11.2. The maximum absolute atomic E-state index is 14.2. The molecule has 0 saturated heterocycles. The average Bonchev–Trinajstić information content (AvgIpc) is 3.49. The second-order valence-electron chi connectivity index (χ2n) is 13.6. The van der Waals surface area contributed by atoms with E-state index in [0.29, 0.717) is 18.4 Å². The van der Waals surface area contributed by atoms with Crippen molar-refractivity contribution < 1.29 is 4.39 Å². The van der Waals surface area contributed by atoms with E-state index in [1.54, 1.807) is 6.07 Å². The third-order valence-electron chi connectivity index (χ3n) is 9.98. The quantitative estimate of drug-likeness (QED) is 0.168. The van der Waals surface area contributed by atoms with Gasteiger partial charge in [-0.05, 0) is 97.5 Å². The molecule has 1 aliphatic heterocycles. The first-order valence-corrected chi connectivity index (χ1v) is 18.0. The standard InChI is InChI=1S/C46H45FN4/c1-6-8-14-33(5)50-30-45-40(18-13-16-36-15-9-11-19-43(36)50)39-17-10-12-20-44(39)51(45)46-48-41(29-42(49-46)35-23-21-31(3)22-24-35)32(4)27-37-25-26-38(47)28-34(37)7-2/h6-15,17-21,23-29,31-32H,16,22,30H2,1-5H3/b8-6-,18-13-,33-14+,34-7-,37-27-. The molecule has 0 radical (unpaired) electrons. The number of para-hydroxylation sites is 2. The van der Waals surface area contributed by atoms with Crippen LogP contribution in [-0.4, -0.2) is 14.5 Å². The zero-order valence-corrected chi connectivity index (χ0v) is 30.1. The van der Waals surface area contributed by atoms with Gasteiger partial charge in [-0.3, -0.25) is 4.57 Å². The van der Waals surface area contributed by atoms with Crippen LogP contribution in [0.25, 0.3) is 40.7 Å². The summed E-state index contributed by atoms with van der Waals surface area (Å²) in [5.74, 6) is 0.826. The van der Waals surface area contributed by atoms with Gasteiger partial charge in [0.25, 0.3) is 0 Å². The molecule has 2 unspecified atom stereocenters. The number of fused-ring (bicyclic) bond motifs is 4. The van der Waals surface area contributed by atoms with E-state index in [4.69, 9.17) is 9.97 Å². The number of allylic oxidation sites excluding steroid dienone is 9. The summed E-state index contributed by atoms with van der Waals surface area (Å²) in [6, 6.07) is 24.4. The number of anilines is 1. The minimum absolute atomic E-state index is 0.0668. The van der Waals surface area contributed by atoms with E-state index in [-0.39, 0.29) is 11.7 Å². The third-order valence-corrected chi connectivity index (χ3v) is 9.98. The number of benzene rings is 3. The summed E-state index contributed by atoms with van der Waals surface area (Å²) in [5.41, 5.74) is 9.91. The molecule has 4 nitrogen and oxygen atoms in total. The van der Waals surface area contributed by atoms with E-state index < -0.39 is 0 Å². The minimum atomic E-state index is -0.238. The fourth-order valence-corrected chi connectivity index (χ4v) is 7.17. The van der Waals surface area contributed by atoms with Crippen LogP contribution in [0, 0.1) is 11.7 Å². The molecule has 0 fully saturated rings. The lowest BCUT2D eigenvalue weighted by molar-refractivity contribution is 0.626. The number of hydrogen-bond acceptors (Lipinski definition) is 3. The van der Waals surface area contributed by atoms with Crippen LogP contribution in [0.1, 0.15) is 75.2 Å². The summed E-state index contributed by atoms with van der Waals surface area (Å²) in [5, 5.41) is 3.01. The van der Waals surface area contributed by atoms with Gasteiger partial charge in [0, 0.05) is 28.3 Å². The summed E-state index contributed by atoms with van der Waals surface area (Å²) in [4.78, 5) is 13.1. The van der Waals surface area contributed by atoms with E-state index in [2.05, 4.69) is 140 Å². The van der Waals surface area contributed by atoms with Crippen molar-refractivity contribution in [3.05, 3.63) is 165 Å². The SMILES string of the molecule is C/C=C\C=C(/C)N1Cc2c(c3ccccc3n2-c2nc(C3=CCC(C)C=C3)cc(C(C)/C=c3/ccc(F)c/c3=C/C)n2)/C=C\Cc2ccccc21. The highest BCUT2D eigenvalue weighted by Crippen LogP contribution is 2.36. The van der Waals surface area contributed by atoms with Crippen molar-refractivity contribution in [3.8, 4) is 5.95 Å². The van der Waals surface area contributed by atoms with Crippen molar-refractivity contribution in [3.63, 3.8) is 0 Å². The Kier molecular flexibility index (Phi) is 9.81. The third kappa shape index (κ3) is 6.94. The van der Waals surface area contributed by atoms with Gasteiger partial charge < -0.3 is 4.90 Å². The second-order valence-corrected chi connectivity index (χ2v) is 13.6. The normalized spacial score (nSPS) is 18.3. The summed E-state index contributed by atoms with van der Waals surface area (Å²) < 4.78 is 16.4. The lowest BCUT2D eigenvalue weighted by Gasteiger charge is -2.28. The van der Waals surface area contributed by atoms with Crippen LogP contribution in [0.3, 0.4) is 0 Å². The fraction of sp³-hybridized carbons (Fsp3) is 0.217. The van der Waals surface area contributed by atoms with Gasteiger partial charge in [-0.2, -0.15) is 0 Å². The monoisotopic (exact) mass is 672 g/mol. The molecule has 2 atom stereocenters. The maximum atomic E-state index is 14.2. The molecule has 7 rings (SSSR count). The number of aromatic nitrogens is 3. The molecule has 2 aliphatic rings. The largest absolute Gasteiger partial charge is 0.339 e. The Bertz CT molecular complexity index is 2390. The molecule has 1 aliphatic carbocycles. The van der Waals surface area contributed by atoms with Gasteiger partial charge in [0.1, 0.15) is 5.82 Å². The Morgan fingerprint density at radius 3 is 2.59 bits per heavy atom. The fourth-order valence-electron chi connectivity index (χ4n) is 7.17. The van der Waals surface area contributed by atoms with Crippen molar-refractivity contribution in [2.45, 2.75) is 59.9 Å². The number of nitrogens with zero attached hydrogens (tertiary/aromatic N) is 4. The molecule has 0 saturated carbocycles. The van der Waals surface area contributed by atoms with Gasteiger partial charge in [-0.25, -0.2) is 14.4 Å². The summed E-state index contributed by atoms with van der Waals surface area (Å²) in [7, 11) is 0. The van der Waals surface area contributed by atoms with Crippen molar-refractivity contribution in [2.24, 2.45) is 5.92 Å². The Balaban J connectivity index is 1.48. The predicted molar refractivity (Wildman–Crippen MR) is 212 cm³/mol. The van der Waals surface area contributed by atoms with Crippen LogP contribution >= 0.6 is 0 Å². The van der Waals surface area contributed by atoms with Gasteiger partial charge >= 0.3 is 0 Å². The van der Waals surface area contributed by atoms with Gasteiger partial charge in [-0.1, -0.05) is 111 Å². The first-order chi connectivity index (χ1) is 24.8. The molecule has 3 heterocycles. The van der Waals surface area contributed by atoms with Gasteiger partial charge in [0.05, 0.1) is 29.1 Å². The van der Waals surface area contributed by atoms with Crippen LogP contribution in [-0.2, 0) is 13.0 Å². The lowest BCUT2D eigenvalue weighted by Crippen LogP contribution is -2.25. The molecule has 0 N–H and O–H groups in total. The summed E-state index contributed by atoms with van der Waals surface area (Å²) >= 11 is 0. The van der Waals surface area contributed by atoms with Gasteiger partial charge in [-0.15, -0.1) is 0 Å². The molecule has 2 aromatic heterocycles. The lowest BCUT2D eigenvalue weighted by atomic mass is 9.95. The molecule has 0 spiro atoms. The van der Waals surface area contributed by atoms with Crippen LogP contribution in [0.2, 0.25) is 0 Å². The Labute approximate surface area is 300 Å². The Hall–Kier alpha value is -5.55. The van der Waals surface area contributed by atoms with Crippen LogP contribution in [0.4, 0.5) is 10.1 Å². The predicted octanol–water partition coefficient (Wildman–Crippen LogP) is 9.98. The van der Waals surface area contributed by atoms with Crippen molar-refractivity contribution in [2.75, 3.05) is 4.90 Å². The van der Waals surface area contributed by atoms with E-state index in [1.807, 2.05) is 26.0 Å². The molecular formula is C46H45FN4. The van der Waals surface area contributed by atoms with E-state index in [0.717, 1.165) is 57.1 Å². The highest BCUT2D eigenvalue weighted by Gasteiger charge is 2.25. The zero-order chi connectivity index (χ0) is 35.5. The molecule has 5 aromatic rings. The molecule has 5 heteroatoms. The number of rotatable bonds is 6. The number of halogens is 1. The molecule has 0 bridgehead atoms. The first-order valence-electron chi connectivity index (χ1n) is 18.0. The summed E-state index contributed by atoms with van der Waals surface area (Å²) in [6.07, 6.45) is 23.6. The molecule has 51 heavy (non-hydrogen) atoms. The molecular weight excluding hydrogens is 628 g/mol. The van der Waals surface area contributed by atoms with Crippen molar-refractivity contribution in [1.29, 1.82) is 0 Å². The van der Waals surface area contributed by atoms with Gasteiger partial charge in [0.15, 0.2) is 0 Å². The minimum Gasteiger partial charge on any atom is -0.339 e. The van der Waals surface area contributed by atoms with E-state index in [1.165, 1.54) is 28.3 Å². The maximum Gasteiger partial charge on any atom is 0.235 e. The topological polar surface area (TPSA) is 34.0 Å². The second kappa shape index (κ2) is 14.7. The van der Waals surface area contributed by atoms with E-state index in [9.17, 15) is 4.39 Å². The first kappa shape index (κ1) is 33.9. The average molecular weight is 673 g/mol. The molecule has 0 amide bonds. The molecule has 3 aromatic carbocycles. The van der Waals surface area contributed by atoms with Crippen molar-refractivity contribution in [1.82, 2.24) is 14.5 Å². The van der Waals surface area contributed by atoms with Crippen LogP contribution < -0.4 is 15.3 Å². The van der Waals surface area contributed by atoms with Crippen molar-refractivity contribution >= 4 is 40.4 Å². The zero-order valence-electron chi connectivity index (χ0n) is 30.1. The highest BCUT2D eigenvalue weighted by molar-refractivity contribution is 5.93. The Morgan fingerprint density at radius 1 is 0.961 bits per heavy atom. The van der Waals surface area contributed by atoms with Gasteiger partial charge in [0.2, 0.25) is 5.95 Å². The van der Waals surface area contributed by atoms with E-state index >= 15 is 0 Å². The smallest absolute Gasteiger partial charge is 0.235 e.